The van der Waals surface area contributed by atoms with Crippen LogP contribution < -0.4 is 10.1 Å². The molecule has 0 saturated carbocycles. The topological polar surface area (TPSA) is 64.6 Å². The molecule has 2 aromatic rings. The Labute approximate surface area is 164 Å². The Morgan fingerprint density at radius 3 is 2.44 bits per heavy atom. The highest BCUT2D eigenvalue weighted by atomic mass is 35.5. The van der Waals surface area contributed by atoms with Gasteiger partial charge < -0.3 is 14.8 Å². The largest absolute Gasteiger partial charge is 0.494 e. The summed E-state index contributed by atoms with van der Waals surface area (Å²) in [4.78, 5) is 24.8. The number of aryl methyl sites for hydroxylation is 1. The van der Waals surface area contributed by atoms with Gasteiger partial charge in [-0.2, -0.15) is 0 Å². The zero-order valence-corrected chi connectivity index (χ0v) is 16.5. The van der Waals surface area contributed by atoms with Gasteiger partial charge in [0.05, 0.1) is 24.3 Å². The van der Waals surface area contributed by atoms with E-state index in [4.69, 9.17) is 21.1 Å². The Kier molecular flexibility index (Phi) is 7.67. The number of esters is 1. The Bertz CT molecular complexity index is 769. The lowest BCUT2D eigenvalue weighted by atomic mass is 10.0. The summed E-state index contributed by atoms with van der Waals surface area (Å²) in [5, 5.41) is 3.08. The third-order valence-electron chi connectivity index (χ3n) is 4.08. The first-order valence-corrected chi connectivity index (χ1v) is 9.19. The van der Waals surface area contributed by atoms with Gasteiger partial charge in [0.25, 0.3) is 5.91 Å². The highest BCUT2D eigenvalue weighted by Crippen LogP contribution is 2.20. The second kappa shape index (κ2) is 9.97. The predicted octanol–water partition coefficient (Wildman–Crippen LogP) is 3.95. The van der Waals surface area contributed by atoms with E-state index in [9.17, 15) is 9.59 Å². The normalized spacial score (nSPS) is 11.6. The van der Waals surface area contributed by atoms with Crippen LogP contribution in [0.2, 0.25) is 5.02 Å². The van der Waals surface area contributed by atoms with Crippen LogP contribution in [0.5, 0.6) is 5.75 Å². The molecule has 1 atom stereocenters. The maximum absolute atomic E-state index is 12.7. The van der Waals surface area contributed by atoms with E-state index in [1.807, 2.05) is 31.2 Å². The van der Waals surface area contributed by atoms with Gasteiger partial charge in [0, 0.05) is 6.42 Å². The molecule has 0 bridgehead atoms. The zero-order valence-electron chi connectivity index (χ0n) is 15.8. The zero-order chi connectivity index (χ0) is 19.8. The number of nitrogens with one attached hydrogen (secondary N) is 1. The molecule has 0 saturated heterocycles. The fourth-order valence-corrected chi connectivity index (χ4v) is 2.97. The summed E-state index contributed by atoms with van der Waals surface area (Å²) in [6, 6.07) is 11.8. The summed E-state index contributed by atoms with van der Waals surface area (Å²) in [7, 11) is 1.30. The Morgan fingerprint density at radius 2 is 1.85 bits per heavy atom. The van der Waals surface area contributed by atoms with Crippen molar-refractivity contribution in [1.29, 1.82) is 0 Å². The number of hydrogen-bond donors (Lipinski definition) is 1. The van der Waals surface area contributed by atoms with Crippen LogP contribution in [-0.2, 0) is 16.0 Å². The Hall–Kier alpha value is -2.53. The van der Waals surface area contributed by atoms with Crippen molar-refractivity contribution >= 4 is 23.5 Å². The molecule has 1 amide bonds. The number of ether oxygens (including phenoxy) is 2. The van der Waals surface area contributed by atoms with Crippen molar-refractivity contribution < 1.29 is 19.1 Å². The van der Waals surface area contributed by atoms with Crippen LogP contribution in [0, 0.1) is 6.92 Å². The SMILES string of the molecule is CCCOc1ccc(CC(NC(=O)c2c(C)cccc2Cl)C(=O)OC)cc1. The van der Waals surface area contributed by atoms with Crippen LogP contribution >= 0.6 is 11.6 Å². The van der Waals surface area contributed by atoms with Gasteiger partial charge in [-0.15, -0.1) is 0 Å². The highest BCUT2D eigenvalue weighted by Gasteiger charge is 2.24. The fourth-order valence-electron chi connectivity index (χ4n) is 2.66. The van der Waals surface area contributed by atoms with Crippen LogP contribution in [0.4, 0.5) is 0 Å². The quantitative estimate of drug-likeness (QED) is 0.694. The monoisotopic (exact) mass is 389 g/mol. The number of benzene rings is 2. The van der Waals surface area contributed by atoms with Gasteiger partial charge in [-0.3, -0.25) is 4.79 Å². The van der Waals surface area contributed by atoms with Crippen LogP contribution in [0.25, 0.3) is 0 Å². The molecule has 0 radical (unpaired) electrons. The van der Waals surface area contributed by atoms with Gasteiger partial charge in [0.1, 0.15) is 11.8 Å². The molecular formula is C21H24ClNO4. The molecule has 1 N–H and O–H groups in total. The Balaban J connectivity index is 2.13. The molecule has 5 nitrogen and oxygen atoms in total. The van der Waals surface area contributed by atoms with E-state index in [1.165, 1.54) is 7.11 Å². The average Bonchev–Trinajstić information content (AvgIpc) is 2.66. The molecule has 2 rings (SSSR count). The van der Waals surface area contributed by atoms with E-state index in [0.717, 1.165) is 23.3 Å². The van der Waals surface area contributed by atoms with E-state index < -0.39 is 17.9 Å². The first-order chi connectivity index (χ1) is 13.0. The van der Waals surface area contributed by atoms with Crippen molar-refractivity contribution in [3.63, 3.8) is 0 Å². The minimum absolute atomic E-state index is 0.302. The van der Waals surface area contributed by atoms with Gasteiger partial charge in [0.2, 0.25) is 0 Å². The number of rotatable bonds is 8. The van der Waals surface area contributed by atoms with Crippen molar-refractivity contribution in [3.8, 4) is 5.75 Å². The lowest BCUT2D eigenvalue weighted by Crippen LogP contribution is -2.43. The molecule has 0 aliphatic carbocycles. The van der Waals surface area contributed by atoms with Crippen molar-refractivity contribution in [1.82, 2.24) is 5.32 Å². The number of halogens is 1. The van der Waals surface area contributed by atoms with Gasteiger partial charge in [-0.1, -0.05) is 42.8 Å². The lowest BCUT2D eigenvalue weighted by Gasteiger charge is -2.18. The molecule has 0 spiro atoms. The molecule has 0 aliphatic heterocycles. The van der Waals surface area contributed by atoms with Gasteiger partial charge in [0.15, 0.2) is 0 Å². The molecule has 0 heterocycles. The Morgan fingerprint density at radius 1 is 1.15 bits per heavy atom. The minimum atomic E-state index is -0.819. The molecule has 2 aromatic carbocycles. The van der Waals surface area contributed by atoms with Crippen molar-refractivity contribution in [3.05, 3.63) is 64.2 Å². The predicted molar refractivity (Wildman–Crippen MR) is 105 cm³/mol. The maximum Gasteiger partial charge on any atom is 0.328 e. The van der Waals surface area contributed by atoms with Crippen molar-refractivity contribution in [2.45, 2.75) is 32.7 Å². The molecule has 1 unspecified atom stereocenters. The van der Waals surface area contributed by atoms with E-state index in [-0.39, 0.29) is 0 Å². The van der Waals surface area contributed by atoms with Crippen LogP contribution in [-0.4, -0.2) is 31.6 Å². The molecule has 0 fully saturated rings. The van der Waals surface area contributed by atoms with Crippen molar-refractivity contribution in [2.75, 3.05) is 13.7 Å². The summed E-state index contributed by atoms with van der Waals surface area (Å²) in [5.41, 5.74) is 1.97. The summed E-state index contributed by atoms with van der Waals surface area (Å²) in [5.74, 6) is -0.151. The van der Waals surface area contributed by atoms with Crippen molar-refractivity contribution in [2.24, 2.45) is 0 Å². The summed E-state index contributed by atoms with van der Waals surface area (Å²) >= 11 is 6.15. The number of amides is 1. The first kappa shape index (κ1) is 20.8. The molecule has 0 aliphatic rings. The number of hydrogen-bond acceptors (Lipinski definition) is 4. The van der Waals surface area contributed by atoms with Gasteiger partial charge in [-0.05, 0) is 42.7 Å². The van der Waals surface area contributed by atoms with Crippen LogP contribution in [0.3, 0.4) is 0 Å². The van der Waals surface area contributed by atoms with E-state index >= 15 is 0 Å². The summed E-state index contributed by atoms with van der Waals surface area (Å²) < 4.78 is 10.4. The van der Waals surface area contributed by atoms with E-state index in [0.29, 0.717) is 23.6 Å². The molecule has 27 heavy (non-hydrogen) atoms. The number of carbonyl (C=O) groups is 2. The third kappa shape index (κ3) is 5.73. The smallest absolute Gasteiger partial charge is 0.328 e. The summed E-state index contributed by atoms with van der Waals surface area (Å²) in [6.07, 6.45) is 1.23. The second-order valence-electron chi connectivity index (χ2n) is 6.18. The average molecular weight is 390 g/mol. The lowest BCUT2D eigenvalue weighted by molar-refractivity contribution is -0.142. The van der Waals surface area contributed by atoms with Crippen LogP contribution in [0.15, 0.2) is 42.5 Å². The molecule has 0 aromatic heterocycles. The van der Waals surface area contributed by atoms with Crippen LogP contribution in [0.1, 0.15) is 34.8 Å². The van der Waals surface area contributed by atoms with E-state index in [1.54, 1.807) is 25.1 Å². The maximum atomic E-state index is 12.7. The fraction of sp³-hybridized carbons (Fsp3) is 0.333. The van der Waals surface area contributed by atoms with E-state index in [2.05, 4.69) is 5.32 Å². The standard InChI is InChI=1S/C21H24ClNO4/c1-4-12-27-16-10-8-15(9-11-16)13-18(21(25)26-3)23-20(24)19-14(2)6-5-7-17(19)22/h5-11,18H,4,12-13H2,1-3H3,(H,23,24). The molecule has 6 heteroatoms. The van der Waals surface area contributed by atoms with Gasteiger partial charge >= 0.3 is 5.97 Å². The second-order valence-corrected chi connectivity index (χ2v) is 6.58. The molecular weight excluding hydrogens is 366 g/mol. The van der Waals surface area contributed by atoms with Gasteiger partial charge in [-0.25, -0.2) is 4.79 Å². The first-order valence-electron chi connectivity index (χ1n) is 8.81. The minimum Gasteiger partial charge on any atom is -0.494 e. The highest BCUT2D eigenvalue weighted by molar-refractivity contribution is 6.34. The number of methoxy groups -OCH3 is 1. The number of carbonyl (C=O) groups excluding carboxylic acids is 2. The molecule has 144 valence electrons. The summed E-state index contributed by atoms with van der Waals surface area (Å²) in [6.45, 7) is 4.49. The third-order valence-corrected chi connectivity index (χ3v) is 4.39.